The maximum Gasteiger partial charge on any atom is 0.299 e. The third-order valence-electron chi connectivity index (χ3n) is 3.84. The summed E-state index contributed by atoms with van der Waals surface area (Å²) in [6.45, 7) is 3.81. The molecule has 144 valence electrons. The van der Waals surface area contributed by atoms with Crippen molar-refractivity contribution in [1.29, 1.82) is 0 Å². The zero-order chi connectivity index (χ0) is 19.2. The van der Waals surface area contributed by atoms with E-state index in [0.717, 1.165) is 12.8 Å². The first kappa shape index (κ1) is 20.8. The maximum atomic E-state index is 12.8. The van der Waals surface area contributed by atoms with Crippen molar-refractivity contribution in [1.82, 2.24) is 0 Å². The van der Waals surface area contributed by atoms with Gasteiger partial charge in [-0.05, 0) is 24.3 Å². The lowest BCUT2D eigenvalue weighted by Crippen LogP contribution is -2.16. The third kappa shape index (κ3) is 4.82. The highest BCUT2D eigenvalue weighted by molar-refractivity contribution is 7.90. The Hall–Kier alpha value is -1.48. The second-order valence-electron chi connectivity index (χ2n) is 5.87. The quantitative estimate of drug-likeness (QED) is 0.445. The zero-order valence-corrected chi connectivity index (χ0v) is 16.6. The fourth-order valence-corrected chi connectivity index (χ4v) is 5.30. The smallest absolute Gasteiger partial charge is 0.266 e. The van der Waals surface area contributed by atoms with Crippen molar-refractivity contribution >= 4 is 31.0 Å². The van der Waals surface area contributed by atoms with E-state index in [1.165, 1.54) is 6.07 Å². The van der Waals surface area contributed by atoms with Crippen molar-refractivity contribution in [3.63, 3.8) is 0 Å². The van der Waals surface area contributed by atoms with Gasteiger partial charge >= 0.3 is 0 Å². The molecular formula is C18H24O6S2. The first-order chi connectivity index (χ1) is 12.3. The normalized spacial score (nSPS) is 12.5. The molecule has 0 N–H and O–H groups in total. The minimum Gasteiger partial charge on any atom is -0.266 e. The standard InChI is InChI=1S/C18H24O6S2/c1-3-5-13-23-25(19,20)17-12-11-15-9-7-8-10-16(15)18(17)26(21,22)24-14-6-4-2/h7-12H,3-6,13-14H2,1-2H3. The number of rotatable bonds is 10. The van der Waals surface area contributed by atoms with Crippen LogP contribution in [0.15, 0.2) is 46.2 Å². The molecule has 2 aromatic rings. The predicted octanol–water partition coefficient (Wildman–Crippen LogP) is 3.85. The molecule has 0 saturated carbocycles. The first-order valence-electron chi connectivity index (χ1n) is 8.64. The zero-order valence-electron chi connectivity index (χ0n) is 15.0. The van der Waals surface area contributed by atoms with Gasteiger partial charge in [-0.25, -0.2) is 0 Å². The van der Waals surface area contributed by atoms with Crippen LogP contribution in [0.3, 0.4) is 0 Å². The second-order valence-corrected chi connectivity index (χ2v) is 9.01. The van der Waals surface area contributed by atoms with Crippen molar-refractivity contribution in [2.45, 2.75) is 49.3 Å². The number of benzene rings is 2. The summed E-state index contributed by atoms with van der Waals surface area (Å²) in [4.78, 5) is -0.744. The van der Waals surface area contributed by atoms with Crippen LogP contribution in [0.25, 0.3) is 10.8 Å². The number of unbranched alkanes of at least 4 members (excludes halogenated alkanes) is 2. The van der Waals surface area contributed by atoms with Gasteiger partial charge in [-0.3, -0.25) is 8.37 Å². The molecule has 2 rings (SSSR count). The third-order valence-corrected chi connectivity index (χ3v) is 6.74. The average Bonchev–Trinajstić information content (AvgIpc) is 2.61. The summed E-state index contributed by atoms with van der Waals surface area (Å²) >= 11 is 0. The fraction of sp³-hybridized carbons (Fsp3) is 0.444. The average molecular weight is 401 g/mol. The maximum absolute atomic E-state index is 12.8. The molecule has 0 unspecified atom stereocenters. The lowest BCUT2D eigenvalue weighted by molar-refractivity contribution is 0.303. The van der Waals surface area contributed by atoms with Gasteiger partial charge in [0.2, 0.25) is 0 Å². The molecule has 0 aromatic heterocycles. The van der Waals surface area contributed by atoms with E-state index in [1.807, 2.05) is 13.8 Å². The fourth-order valence-electron chi connectivity index (χ4n) is 2.43. The predicted molar refractivity (Wildman–Crippen MR) is 100 cm³/mol. The van der Waals surface area contributed by atoms with Gasteiger partial charge in [-0.2, -0.15) is 16.8 Å². The number of hydrogen-bond donors (Lipinski definition) is 0. The molecule has 0 bridgehead atoms. The van der Waals surface area contributed by atoms with Crippen LogP contribution in [0, 0.1) is 0 Å². The minimum atomic E-state index is -4.26. The van der Waals surface area contributed by atoms with E-state index in [-0.39, 0.29) is 23.0 Å². The van der Waals surface area contributed by atoms with Gasteiger partial charge in [0.05, 0.1) is 13.2 Å². The van der Waals surface area contributed by atoms with E-state index in [2.05, 4.69) is 0 Å². The summed E-state index contributed by atoms with van der Waals surface area (Å²) in [6.07, 6.45) is 2.63. The molecule has 0 aliphatic carbocycles. The van der Waals surface area contributed by atoms with E-state index in [0.29, 0.717) is 23.6 Å². The van der Waals surface area contributed by atoms with Gasteiger partial charge in [0, 0.05) is 5.39 Å². The van der Waals surface area contributed by atoms with Crippen molar-refractivity contribution in [3.8, 4) is 0 Å². The lowest BCUT2D eigenvalue weighted by Gasteiger charge is -2.14. The largest absolute Gasteiger partial charge is 0.299 e. The van der Waals surface area contributed by atoms with Crippen LogP contribution < -0.4 is 0 Å². The SMILES string of the molecule is CCCCOS(=O)(=O)c1ccc2ccccc2c1S(=O)(=O)OCCCC. The Labute approximate surface area is 155 Å². The summed E-state index contributed by atoms with van der Waals surface area (Å²) in [5.41, 5.74) is 0. The molecule has 0 amide bonds. The Morgan fingerprint density at radius 1 is 0.769 bits per heavy atom. The molecule has 0 heterocycles. The topological polar surface area (TPSA) is 86.7 Å². The lowest BCUT2D eigenvalue weighted by atomic mass is 10.1. The molecule has 0 atom stereocenters. The second kappa shape index (κ2) is 8.94. The van der Waals surface area contributed by atoms with Crippen molar-refractivity contribution < 1.29 is 25.2 Å². The van der Waals surface area contributed by atoms with E-state index < -0.39 is 20.2 Å². The molecule has 0 aliphatic rings. The number of hydrogen-bond acceptors (Lipinski definition) is 6. The van der Waals surface area contributed by atoms with E-state index in [4.69, 9.17) is 8.37 Å². The minimum absolute atomic E-state index is 0.00175. The highest BCUT2D eigenvalue weighted by atomic mass is 32.2. The summed E-state index contributed by atoms with van der Waals surface area (Å²) in [6, 6.07) is 9.52. The van der Waals surface area contributed by atoms with E-state index in [9.17, 15) is 16.8 Å². The Kier molecular flexibility index (Phi) is 7.16. The molecule has 26 heavy (non-hydrogen) atoms. The Balaban J connectivity index is 2.61. The molecule has 0 fully saturated rings. The van der Waals surface area contributed by atoms with Gasteiger partial charge < -0.3 is 0 Å². The molecule has 6 nitrogen and oxygen atoms in total. The first-order valence-corrected chi connectivity index (χ1v) is 11.5. The van der Waals surface area contributed by atoms with Crippen LogP contribution in [-0.4, -0.2) is 30.0 Å². The number of fused-ring (bicyclic) bond motifs is 1. The monoisotopic (exact) mass is 400 g/mol. The molecule has 2 aromatic carbocycles. The van der Waals surface area contributed by atoms with Crippen LogP contribution in [0.2, 0.25) is 0 Å². The van der Waals surface area contributed by atoms with Crippen LogP contribution in [0.1, 0.15) is 39.5 Å². The summed E-state index contributed by atoms with van der Waals surface area (Å²) in [7, 11) is -8.49. The van der Waals surface area contributed by atoms with Gasteiger partial charge in [-0.1, -0.05) is 57.0 Å². The van der Waals surface area contributed by atoms with E-state index >= 15 is 0 Å². The molecule has 8 heteroatoms. The Bertz CT molecular complexity index is 949. The summed E-state index contributed by atoms with van der Waals surface area (Å²) in [5.74, 6) is 0. The Morgan fingerprint density at radius 3 is 1.96 bits per heavy atom. The van der Waals surface area contributed by atoms with Crippen molar-refractivity contribution in [2.24, 2.45) is 0 Å². The van der Waals surface area contributed by atoms with Gasteiger partial charge in [0.1, 0.15) is 9.79 Å². The molecule has 0 saturated heterocycles. The van der Waals surface area contributed by atoms with Gasteiger partial charge in [0.25, 0.3) is 20.2 Å². The Morgan fingerprint density at radius 2 is 1.35 bits per heavy atom. The van der Waals surface area contributed by atoms with E-state index in [1.54, 1.807) is 30.3 Å². The highest BCUT2D eigenvalue weighted by Gasteiger charge is 2.30. The highest BCUT2D eigenvalue weighted by Crippen LogP contribution is 2.32. The van der Waals surface area contributed by atoms with Gasteiger partial charge in [0.15, 0.2) is 0 Å². The molecule has 0 aliphatic heterocycles. The summed E-state index contributed by atoms with van der Waals surface area (Å²) in [5, 5.41) is 0.904. The van der Waals surface area contributed by atoms with Crippen LogP contribution in [0.4, 0.5) is 0 Å². The van der Waals surface area contributed by atoms with Crippen LogP contribution >= 0.6 is 0 Å². The van der Waals surface area contributed by atoms with Crippen molar-refractivity contribution in [2.75, 3.05) is 13.2 Å². The van der Waals surface area contributed by atoms with Gasteiger partial charge in [-0.15, -0.1) is 0 Å². The molecule has 0 spiro atoms. The van der Waals surface area contributed by atoms with Crippen LogP contribution in [0.5, 0.6) is 0 Å². The summed E-state index contributed by atoms with van der Waals surface area (Å²) < 4.78 is 60.9. The molecular weight excluding hydrogens is 376 g/mol. The van der Waals surface area contributed by atoms with Crippen molar-refractivity contribution in [3.05, 3.63) is 36.4 Å². The van der Waals surface area contributed by atoms with Crippen LogP contribution in [-0.2, 0) is 28.6 Å². The molecule has 0 radical (unpaired) electrons.